The standard InChI is InChI=1S/C25H22ClF2N3O4/c1-25(2,3)35-23(33)20(11-17-6-4-5-9-30-17)31-14-21(34-24(27)28)19(12-22(31)32)18-10-16(26)8-7-15(18)13-29/h4-10,12,14,20,24H,11H2,1-3H3. The molecule has 0 aliphatic rings. The van der Waals surface area contributed by atoms with Crippen molar-refractivity contribution in [2.45, 2.75) is 45.4 Å². The van der Waals surface area contributed by atoms with Crippen LogP contribution in [0.5, 0.6) is 5.75 Å². The lowest BCUT2D eigenvalue weighted by Gasteiger charge is -2.26. The Balaban J connectivity index is 2.20. The molecule has 1 unspecified atom stereocenters. The molecule has 0 saturated heterocycles. The Morgan fingerprint density at radius 1 is 1.20 bits per heavy atom. The van der Waals surface area contributed by atoms with E-state index in [-0.39, 0.29) is 28.1 Å². The summed E-state index contributed by atoms with van der Waals surface area (Å²) in [5.41, 5.74) is -0.907. The largest absolute Gasteiger partial charge is 0.458 e. The summed E-state index contributed by atoms with van der Waals surface area (Å²) in [6.45, 7) is 1.77. The van der Waals surface area contributed by atoms with Crippen molar-refractivity contribution < 1.29 is 23.0 Å². The van der Waals surface area contributed by atoms with Gasteiger partial charge in [-0.2, -0.15) is 14.0 Å². The molecule has 0 bridgehead atoms. The summed E-state index contributed by atoms with van der Waals surface area (Å²) >= 11 is 6.05. The van der Waals surface area contributed by atoms with Gasteiger partial charge < -0.3 is 9.47 Å². The van der Waals surface area contributed by atoms with Crippen LogP contribution in [0, 0.1) is 11.3 Å². The zero-order valence-electron chi connectivity index (χ0n) is 19.2. The average Bonchev–Trinajstić information content (AvgIpc) is 2.77. The van der Waals surface area contributed by atoms with Crippen molar-refractivity contribution in [1.29, 1.82) is 5.26 Å². The number of carbonyl (C=O) groups excluding carboxylic acids is 1. The minimum absolute atomic E-state index is 0.0380. The number of nitrogens with zero attached hydrogens (tertiary/aromatic N) is 3. The summed E-state index contributed by atoms with van der Waals surface area (Å²) in [5.74, 6) is -1.16. The van der Waals surface area contributed by atoms with Gasteiger partial charge in [-0.25, -0.2) is 4.79 Å². The van der Waals surface area contributed by atoms with E-state index in [4.69, 9.17) is 21.1 Å². The number of esters is 1. The van der Waals surface area contributed by atoms with E-state index in [2.05, 4.69) is 4.98 Å². The number of hydrogen-bond donors (Lipinski definition) is 0. The smallest absolute Gasteiger partial charge is 0.387 e. The molecule has 0 spiro atoms. The fourth-order valence-corrected chi connectivity index (χ4v) is 3.56. The predicted molar refractivity (Wildman–Crippen MR) is 125 cm³/mol. The molecule has 182 valence electrons. The van der Waals surface area contributed by atoms with Gasteiger partial charge in [0.2, 0.25) is 0 Å². The van der Waals surface area contributed by atoms with Gasteiger partial charge in [-0.1, -0.05) is 17.7 Å². The number of hydrogen-bond acceptors (Lipinski definition) is 6. The number of rotatable bonds is 7. The van der Waals surface area contributed by atoms with Gasteiger partial charge >= 0.3 is 12.6 Å². The number of aromatic nitrogens is 2. The second-order valence-electron chi connectivity index (χ2n) is 8.55. The maximum absolute atomic E-state index is 13.3. The third-order valence-electron chi connectivity index (χ3n) is 4.80. The van der Waals surface area contributed by atoms with Gasteiger partial charge in [0.15, 0.2) is 0 Å². The van der Waals surface area contributed by atoms with Gasteiger partial charge in [0.1, 0.15) is 17.4 Å². The van der Waals surface area contributed by atoms with E-state index in [1.165, 1.54) is 24.4 Å². The van der Waals surface area contributed by atoms with Gasteiger partial charge in [-0.15, -0.1) is 0 Å². The highest BCUT2D eigenvalue weighted by molar-refractivity contribution is 6.31. The van der Waals surface area contributed by atoms with Crippen LogP contribution in [0.25, 0.3) is 11.1 Å². The number of alkyl halides is 2. The third kappa shape index (κ3) is 6.64. The van der Waals surface area contributed by atoms with Gasteiger partial charge in [0.25, 0.3) is 5.56 Å². The first-order valence-electron chi connectivity index (χ1n) is 10.5. The number of halogens is 3. The first kappa shape index (κ1) is 25.8. The molecule has 0 N–H and O–H groups in total. The molecule has 3 aromatic rings. The minimum Gasteiger partial charge on any atom is -0.458 e. The lowest BCUT2D eigenvalue weighted by molar-refractivity contribution is -0.159. The highest BCUT2D eigenvalue weighted by Gasteiger charge is 2.30. The molecule has 2 aromatic heterocycles. The van der Waals surface area contributed by atoms with Gasteiger partial charge in [0.05, 0.1) is 17.8 Å². The number of benzene rings is 1. The third-order valence-corrected chi connectivity index (χ3v) is 5.03. The molecule has 0 aliphatic carbocycles. The molecule has 0 amide bonds. The second kappa shape index (κ2) is 10.7. The average molecular weight is 502 g/mol. The Bertz CT molecular complexity index is 1320. The van der Waals surface area contributed by atoms with Crippen molar-refractivity contribution in [3.63, 3.8) is 0 Å². The lowest BCUT2D eigenvalue weighted by Crippen LogP contribution is -2.36. The van der Waals surface area contributed by atoms with Crippen LogP contribution >= 0.6 is 11.6 Å². The number of ether oxygens (including phenoxy) is 2. The fourth-order valence-electron chi connectivity index (χ4n) is 3.39. The Hall–Kier alpha value is -3.77. The second-order valence-corrected chi connectivity index (χ2v) is 8.99. The number of carbonyl (C=O) groups is 1. The molecule has 35 heavy (non-hydrogen) atoms. The van der Waals surface area contributed by atoms with Crippen LogP contribution in [0.1, 0.15) is 38.1 Å². The summed E-state index contributed by atoms with van der Waals surface area (Å²) in [6, 6.07) is 11.1. The Morgan fingerprint density at radius 2 is 1.94 bits per heavy atom. The van der Waals surface area contributed by atoms with Crippen molar-refractivity contribution in [3.8, 4) is 22.9 Å². The molecule has 0 fully saturated rings. The zero-order chi connectivity index (χ0) is 25.8. The minimum atomic E-state index is -3.24. The van der Waals surface area contributed by atoms with E-state index in [1.807, 2.05) is 6.07 Å². The van der Waals surface area contributed by atoms with Gasteiger partial charge in [0, 0.05) is 40.5 Å². The van der Waals surface area contributed by atoms with E-state index >= 15 is 0 Å². The molecular weight excluding hydrogens is 480 g/mol. The van der Waals surface area contributed by atoms with E-state index in [0.29, 0.717) is 5.69 Å². The van der Waals surface area contributed by atoms with E-state index < -0.39 is 35.5 Å². The molecule has 0 radical (unpaired) electrons. The highest BCUT2D eigenvalue weighted by Crippen LogP contribution is 2.34. The van der Waals surface area contributed by atoms with Crippen LogP contribution < -0.4 is 10.3 Å². The number of nitriles is 1. The molecular formula is C25H22ClF2N3O4. The molecule has 0 saturated carbocycles. The zero-order valence-corrected chi connectivity index (χ0v) is 19.9. The number of pyridine rings is 2. The van der Waals surface area contributed by atoms with Crippen LogP contribution in [0.2, 0.25) is 5.02 Å². The van der Waals surface area contributed by atoms with Crippen LogP contribution in [0.4, 0.5) is 8.78 Å². The van der Waals surface area contributed by atoms with Crippen molar-refractivity contribution >= 4 is 17.6 Å². The highest BCUT2D eigenvalue weighted by atomic mass is 35.5. The Labute approximate surface area is 205 Å². The van der Waals surface area contributed by atoms with Crippen LogP contribution in [-0.4, -0.2) is 27.7 Å². The van der Waals surface area contributed by atoms with Crippen molar-refractivity contribution in [2.75, 3.05) is 0 Å². The van der Waals surface area contributed by atoms with Crippen molar-refractivity contribution in [3.05, 3.63) is 81.5 Å². The summed E-state index contributed by atoms with van der Waals surface area (Å²) in [6.07, 6.45) is 2.51. The molecule has 3 rings (SSSR count). The van der Waals surface area contributed by atoms with E-state index in [1.54, 1.807) is 39.0 Å². The molecule has 1 atom stereocenters. The molecule has 2 heterocycles. The van der Waals surface area contributed by atoms with Crippen LogP contribution in [0.15, 0.2) is 59.7 Å². The summed E-state index contributed by atoms with van der Waals surface area (Å²) in [4.78, 5) is 30.5. The lowest BCUT2D eigenvalue weighted by atomic mass is 10.00. The predicted octanol–water partition coefficient (Wildman–Crippen LogP) is 5.16. The maximum Gasteiger partial charge on any atom is 0.387 e. The summed E-state index contributed by atoms with van der Waals surface area (Å²) in [5, 5.41) is 9.70. The van der Waals surface area contributed by atoms with Gasteiger partial charge in [-0.05, 0) is 51.1 Å². The quantitative estimate of drug-likeness (QED) is 0.415. The monoisotopic (exact) mass is 501 g/mol. The van der Waals surface area contributed by atoms with Crippen LogP contribution in [-0.2, 0) is 16.0 Å². The Morgan fingerprint density at radius 3 is 2.54 bits per heavy atom. The molecule has 1 aromatic carbocycles. The molecule has 0 aliphatic heterocycles. The van der Waals surface area contributed by atoms with Crippen molar-refractivity contribution in [1.82, 2.24) is 9.55 Å². The van der Waals surface area contributed by atoms with E-state index in [0.717, 1.165) is 16.8 Å². The van der Waals surface area contributed by atoms with Crippen molar-refractivity contribution in [2.24, 2.45) is 0 Å². The summed E-state index contributed by atoms with van der Waals surface area (Å²) < 4.78 is 37.8. The van der Waals surface area contributed by atoms with E-state index in [9.17, 15) is 23.6 Å². The Kier molecular flexibility index (Phi) is 7.87. The first-order chi connectivity index (χ1) is 16.5. The SMILES string of the molecule is CC(C)(C)OC(=O)C(Cc1ccccn1)n1cc(OC(F)F)c(-c2cc(Cl)ccc2C#N)cc1=O. The topological polar surface area (TPSA) is 94.2 Å². The van der Waals surface area contributed by atoms with Gasteiger partial charge in [-0.3, -0.25) is 14.3 Å². The molecule has 7 nitrogen and oxygen atoms in total. The normalized spacial score (nSPS) is 12.2. The fraction of sp³-hybridized carbons (Fsp3) is 0.280. The van der Waals surface area contributed by atoms with Crippen LogP contribution in [0.3, 0.4) is 0 Å². The maximum atomic E-state index is 13.3. The first-order valence-corrected chi connectivity index (χ1v) is 10.9. The molecule has 10 heteroatoms. The summed E-state index contributed by atoms with van der Waals surface area (Å²) in [7, 11) is 0.